The van der Waals surface area contributed by atoms with Gasteiger partial charge < -0.3 is 14.0 Å². The highest BCUT2D eigenvalue weighted by Crippen LogP contribution is 2.59. The number of aromatic nitrogens is 2. The SMILES string of the molecule is [B]C([B])(OP1(=O)OCc2cccc(OC)c2O1)C1CCC(n2cc(C)c(=S)[nH]c2=O)O1. The number of nitrogens with zero attached hydrogens (tertiary/aromatic N) is 1. The van der Waals surface area contributed by atoms with Crippen LogP contribution >= 0.6 is 20.0 Å². The number of methoxy groups -OCH3 is 1. The Morgan fingerprint density at radius 3 is 2.87 bits per heavy atom. The first-order valence-corrected chi connectivity index (χ1v) is 11.3. The number of benzene rings is 1. The number of nitrogens with one attached hydrogen (secondary N) is 1. The highest BCUT2D eigenvalue weighted by Gasteiger charge is 2.46. The second-order valence-electron chi connectivity index (χ2n) is 7.34. The molecule has 1 N–H and O–H groups in total. The smallest absolute Gasteiger partial charge is 0.493 e. The number of hydrogen-bond donors (Lipinski definition) is 1. The van der Waals surface area contributed by atoms with Crippen molar-refractivity contribution in [2.45, 2.75) is 44.1 Å². The second-order valence-corrected chi connectivity index (χ2v) is 9.27. The van der Waals surface area contributed by atoms with Crippen LogP contribution in [-0.2, 0) is 25.0 Å². The van der Waals surface area contributed by atoms with Gasteiger partial charge in [0.15, 0.2) is 11.5 Å². The number of hydrogen-bond acceptors (Lipinski definition) is 8. The number of aromatic amines is 1. The van der Waals surface area contributed by atoms with Crippen molar-refractivity contribution in [3.05, 3.63) is 50.6 Å². The van der Waals surface area contributed by atoms with Crippen molar-refractivity contribution in [2.24, 2.45) is 0 Å². The molecule has 4 rings (SSSR count). The topological polar surface area (TPSA) is 101 Å². The van der Waals surface area contributed by atoms with Crippen molar-refractivity contribution >= 4 is 35.7 Å². The van der Waals surface area contributed by atoms with Crippen LogP contribution in [0.15, 0.2) is 29.2 Å². The summed E-state index contributed by atoms with van der Waals surface area (Å²) >= 11 is 5.07. The summed E-state index contributed by atoms with van der Waals surface area (Å²) in [7, 11) is 9.52. The molecule has 3 atom stereocenters. The molecular formula is C18H19B2N2O7PS. The Kier molecular flexibility index (Phi) is 5.95. The van der Waals surface area contributed by atoms with Crippen molar-refractivity contribution in [1.29, 1.82) is 0 Å². The van der Waals surface area contributed by atoms with Gasteiger partial charge in [0, 0.05) is 22.7 Å². The zero-order valence-electron chi connectivity index (χ0n) is 16.9. The van der Waals surface area contributed by atoms with Crippen molar-refractivity contribution in [3.63, 3.8) is 0 Å². The first-order chi connectivity index (χ1) is 14.6. The molecule has 3 heterocycles. The molecule has 0 amide bonds. The number of phosphoric ester groups is 1. The first kappa shape index (κ1) is 22.4. The average molecular weight is 460 g/mol. The van der Waals surface area contributed by atoms with Gasteiger partial charge in [0.25, 0.3) is 0 Å². The van der Waals surface area contributed by atoms with Gasteiger partial charge in [-0.3, -0.25) is 18.6 Å². The number of phosphoric acid groups is 1. The van der Waals surface area contributed by atoms with E-state index in [0.29, 0.717) is 34.4 Å². The molecule has 1 aromatic heterocycles. The van der Waals surface area contributed by atoms with E-state index in [-0.39, 0.29) is 12.4 Å². The van der Waals surface area contributed by atoms with Gasteiger partial charge in [0.05, 0.1) is 19.8 Å². The summed E-state index contributed by atoms with van der Waals surface area (Å²) in [5, 5.41) is -2.01. The van der Waals surface area contributed by atoms with E-state index in [2.05, 4.69) is 4.98 Å². The maximum Gasteiger partial charge on any atom is 0.529 e. The molecule has 31 heavy (non-hydrogen) atoms. The molecule has 160 valence electrons. The first-order valence-electron chi connectivity index (χ1n) is 9.48. The van der Waals surface area contributed by atoms with Crippen LogP contribution in [0.1, 0.15) is 30.2 Å². The molecule has 2 aliphatic heterocycles. The summed E-state index contributed by atoms with van der Waals surface area (Å²) in [6.07, 6.45) is 0.843. The lowest BCUT2D eigenvalue weighted by atomic mass is 9.61. The standard InChI is InChI=1S/C18H19B2N2O7PS/c1-10-8-22(17(23)21-16(10)31)14-7-6-13(27-14)18(19,20)29-30(24)26-9-11-4-3-5-12(25-2)15(11)28-30/h3-5,8,13-14H,6-7,9H2,1-2H3,(H,21,23,31). The lowest BCUT2D eigenvalue weighted by Gasteiger charge is -2.36. The van der Waals surface area contributed by atoms with Crippen molar-refractivity contribution in [1.82, 2.24) is 9.55 Å². The van der Waals surface area contributed by atoms with Gasteiger partial charge in [0.1, 0.15) is 26.6 Å². The highest BCUT2D eigenvalue weighted by atomic mass is 32.1. The monoisotopic (exact) mass is 460 g/mol. The summed E-state index contributed by atoms with van der Waals surface area (Å²) in [6.45, 7) is 1.74. The molecule has 0 spiro atoms. The summed E-state index contributed by atoms with van der Waals surface area (Å²) in [5.74, 6) is 0.611. The van der Waals surface area contributed by atoms with E-state index in [4.69, 9.17) is 51.0 Å². The minimum absolute atomic E-state index is 0.0357. The lowest BCUT2D eigenvalue weighted by Crippen LogP contribution is -2.46. The summed E-state index contributed by atoms with van der Waals surface area (Å²) < 4.78 is 42.2. The number of fused-ring (bicyclic) bond motifs is 1. The molecule has 3 unspecified atom stereocenters. The fourth-order valence-electron chi connectivity index (χ4n) is 3.48. The molecule has 1 fully saturated rings. The minimum Gasteiger partial charge on any atom is -0.493 e. The van der Waals surface area contributed by atoms with Crippen molar-refractivity contribution in [3.8, 4) is 11.5 Å². The molecule has 0 saturated carbocycles. The molecule has 13 heteroatoms. The Balaban J connectivity index is 1.51. The molecule has 1 saturated heterocycles. The van der Waals surface area contributed by atoms with Gasteiger partial charge >= 0.3 is 13.5 Å². The highest BCUT2D eigenvalue weighted by molar-refractivity contribution is 7.71. The van der Waals surface area contributed by atoms with E-state index >= 15 is 0 Å². The van der Waals surface area contributed by atoms with E-state index in [1.165, 1.54) is 11.7 Å². The van der Waals surface area contributed by atoms with Gasteiger partial charge in [-0.2, -0.15) is 0 Å². The number of ether oxygens (including phenoxy) is 2. The van der Waals surface area contributed by atoms with E-state index in [1.807, 2.05) is 0 Å². The minimum atomic E-state index is -4.17. The number of H-pyrrole nitrogens is 1. The molecule has 2 aliphatic rings. The third-order valence-corrected chi connectivity index (χ3v) is 6.90. The molecular weight excluding hydrogens is 441 g/mol. The molecule has 4 radical (unpaired) electrons. The predicted octanol–water partition coefficient (Wildman–Crippen LogP) is 2.63. The van der Waals surface area contributed by atoms with Crippen LogP contribution in [0.2, 0.25) is 0 Å². The number of para-hydroxylation sites is 1. The fraction of sp³-hybridized carbons (Fsp3) is 0.444. The van der Waals surface area contributed by atoms with Crippen LogP contribution in [0.5, 0.6) is 11.5 Å². The van der Waals surface area contributed by atoms with Gasteiger partial charge in [-0.1, -0.05) is 24.4 Å². The van der Waals surface area contributed by atoms with E-state index in [9.17, 15) is 9.36 Å². The van der Waals surface area contributed by atoms with Crippen molar-refractivity contribution < 1.29 is 27.6 Å². The molecule has 1 aromatic carbocycles. The zero-order valence-corrected chi connectivity index (χ0v) is 18.6. The van der Waals surface area contributed by atoms with Gasteiger partial charge in [-0.15, -0.1) is 0 Å². The maximum absolute atomic E-state index is 13.1. The normalized spacial score (nSPS) is 25.6. The van der Waals surface area contributed by atoms with E-state index in [1.54, 1.807) is 31.3 Å². The third-order valence-electron chi connectivity index (χ3n) is 5.09. The average Bonchev–Trinajstić information content (AvgIpc) is 3.20. The second kappa shape index (κ2) is 8.26. The van der Waals surface area contributed by atoms with Crippen LogP contribution < -0.4 is 15.0 Å². The Labute approximate surface area is 186 Å². The number of rotatable bonds is 5. The van der Waals surface area contributed by atoms with Crippen LogP contribution in [0.25, 0.3) is 0 Å². The summed E-state index contributed by atoms with van der Waals surface area (Å²) in [5.41, 5.74) is 0.936. The van der Waals surface area contributed by atoms with Crippen LogP contribution in [0.3, 0.4) is 0 Å². The summed E-state index contributed by atoms with van der Waals surface area (Å²) in [6, 6.07) is 5.15. The van der Waals surface area contributed by atoms with Gasteiger partial charge in [-0.25, -0.2) is 9.36 Å². The Hall–Kier alpha value is -1.84. The molecule has 9 nitrogen and oxygen atoms in total. The largest absolute Gasteiger partial charge is 0.529 e. The summed E-state index contributed by atoms with van der Waals surface area (Å²) in [4.78, 5) is 14.8. The molecule has 2 aromatic rings. The predicted molar refractivity (Wildman–Crippen MR) is 115 cm³/mol. The van der Waals surface area contributed by atoms with E-state index < -0.39 is 31.2 Å². The zero-order chi connectivity index (χ0) is 22.4. The maximum atomic E-state index is 13.1. The van der Waals surface area contributed by atoms with Crippen LogP contribution in [-0.4, -0.2) is 43.9 Å². The molecule has 0 aliphatic carbocycles. The van der Waals surface area contributed by atoms with Crippen LogP contribution in [0.4, 0.5) is 0 Å². The van der Waals surface area contributed by atoms with Gasteiger partial charge in [0.2, 0.25) is 0 Å². The number of aryl methyl sites for hydroxylation is 1. The Morgan fingerprint density at radius 2 is 2.13 bits per heavy atom. The van der Waals surface area contributed by atoms with Crippen LogP contribution in [0, 0.1) is 11.6 Å². The molecule has 0 bridgehead atoms. The Bertz CT molecular complexity index is 1150. The van der Waals surface area contributed by atoms with Gasteiger partial charge in [-0.05, 0) is 25.8 Å². The van der Waals surface area contributed by atoms with E-state index in [0.717, 1.165) is 0 Å². The quantitative estimate of drug-likeness (QED) is 0.413. The Morgan fingerprint density at radius 1 is 1.35 bits per heavy atom. The third kappa shape index (κ3) is 4.40. The lowest BCUT2D eigenvalue weighted by molar-refractivity contribution is -0.0515. The van der Waals surface area contributed by atoms with Crippen molar-refractivity contribution in [2.75, 3.05) is 7.11 Å². The fourth-order valence-corrected chi connectivity index (χ4v) is 5.00.